The number of aromatic nitrogens is 2. The molecule has 5 nitrogen and oxygen atoms in total. The van der Waals surface area contributed by atoms with Gasteiger partial charge in [-0.25, -0.2) is 4.98 Å². The van der Waals surface area contributed by atoms with E-state index < -0.39 is 0 Å². The predicted octanol–water partition coefficient (Wildman–Crippen LogP) is 1.99. The van der Waals surface area contributed by atoms with E-state index in [1.165, 1.54) is 6.07 Å². The first-order valence-corrected chi connectivity index (χ1v) is 6.51. The Morgan fingerprint density at radius 1 is 1.35 bits per heavy atom. The smallest absolute Gasteiger partial charge is 0.251 e. The molecule has 2 rings (SSSR count). The van der Waals surface area contributed by atoms with Crippen LogP contribution in [0.4, 0.5) is 0 Å². The van der Waals surface area contributed by atoms with E-state index in [9.17, 15) is 4.79 Å². The van der Waals surface area contributed by atoms with E-state index in [0.29, 0.717) is 11.5 Å². The van der Waals surface area contributed by atoms with Gasteiger partial charge in [-0.05, 0) is 38.0 Å². The zero-order valence-corrected chi connectivity index (χ0v) is 11.9. The summed E-state index contributed by atoms with van der Waals surface area (Å²) in [5.74, 6) is 1.27. The van der Waals surface area contributed by atoms with Crippen LogP contribution in [0, 0.1) is 13.8 Å². The number of hydrogen-bond donors (Lipinski definition) is 2. The van der Waals surface area contributed by atoms with Crippen molar-refractivity contribution in [2.45, 2.75) is 33.4 Å². The highest BCUT2D eigenvalue weighted by atomic mass is 16.5. The van der Waals surface area contributed by atoms with Gasteiger partial charge >= 0.3 is 0 Å². The Hall–Kier alpha value is -2.14. The van der Waals surface area contributed by atoms with E-state index >= 15 is 0 Å². The predicted molar refractivity (Wildman–Crippen MR) is 77.7 cm³/mol. The number of nitrogens with one attached hydrogen (secondary N) is 1. The molecule has 0 saturated carbocycles. The van der Waals surface area contributed by atoms with E-state index in [1.54, 1.807) is 6.92 Å². The minimum atomic E-state index is -0.281. The lowest BCUT2D eigenvalue weighted by molar-refractivity contribution is 0.292. The molecule has 3 N–H and O–H groups in total. The van der Waals surface area contributed by atoms with Gasteiger partial charge in [-0.15, -0.1) is 0 Å². The summed E-state index contributed by atoms with van der Waals surface area (Å²) in [4.78, 5) is 18.5. The number of hydrogen-bond acceptors (Lipinski definition) is 4. The number of ether oxygens (including phenoxy) is 1. The summed E-state index contributed by atoms with van der Waals surface area (Å²) in [7, 11) is 0. The van der Waals surface area contributed by atoms with E-state index in [4.69, 9.17) is 10.5 Å². The van der Waals surface area contributed by atoms with Crippen LogP contribution in [0.25, 0.3) is 0 Å². The maximum atomic E-state index is 11.5. The third-order valence-corrected chi connectivity index (χ3v) is 2.99. The number of rotatable bonds is 4. The van der Waals surface area contributed by atoms with Crippen LogP contribution in [0.1, 0.15) is 35.6 Å². The van der Waals surface area contributed by atoms with Gasteiger partial charge in [0.15, 0.2) is 0 Å². The normalized spacial score (nSPS) is 12.2. The Kier molecular flexibility index (Phi) is 4.20. The largest absolute Gasteiger partial charge is 0.485 e. The molecular weight excluding hydrogens is 254 g/mol. The van der Waals surface area contributed by atoms with Crippen molar-refractivity contribution in [2.24, 2.45) is 5.73 Å². The molecule has 0 aliphatic rings. The Labute approximate surface area is 117 Å². The maximum absolute atomic E-state index is 11.5. The maximum Gasteiger partial charge on any atom is 0.251 e. The minimum Gasteiger partial charge on any atom is -0.485 e. The lowest BCUT2D eigenvalue weighted by Gasteiger charge is -2.11. The van der Waals surface area contributed by atoms with Gasteiger partial charge < -0.3 is 15.5 Å². The fourth-order valence-electron chi connectivity index (χ4n) is 1.84. The number of nitrogens with zero attached hydrogens (tertiary/aromatic N) is 1. The molecule has 0 saturated heterocycles. The molecule has 0 aliphatic carbocycles. The van der Waals surface area contributed by atoms with Crippen LogP contribution in [-0.2, 0) is 6.61 Å². The molecule has 0 aliphatic heterocycles. The van der Waals surface area contributed by atoms with Crippen LogP contribution in [0.2, 0.25) is 0 Å². The Balaban J connectivity index is 2.18. The average molecular weight is 273 g/mol. The third kappa shape index (κ3) is 3.45. The Bertz CT molecular complexity index is 662. The summed E-state index contributed by atoms with van der Waals surface area (Å²) in [5.41, 5.74) is 8.26. The van der Waals surface area contributed by atoms with Crippen LogP contribution in [0.5, 0.6) is 5.75 Å². The Morgan fingerprint density at radius 3 is 2.80 bits per heavy atom. The minimum absolute atomic E-state index is 0.208. The second kappa shape index (κ2) is 5.88. The zero-order chi connectivity index (χ0) is 14.7. The molecule has 1 atom stereocenters. The van der Waals surface area contributed by atoms with Gasteiger partial charge in [-0.1, -0.05) is 12.1 Å². The van der Waals surface area contributed by atoms with Crippen molar-refractivity contribution in [3.8, 4) is 5.75 Å². The lowest BCUT2D eigenvalue weighted by Crippen LogP contribution is -2.18. The quantitative estimate of drug-likeness (QED) is 0.892. The van der Waals surface area contributed by atoms with Crippen LogP contribution in [-0.4, -0.2) is 9.97 Å². The van der Waals surface area contributed by atoms with Crippen LogP contribution >= 0.6 is 0 Å². The van der Waals surface area contributed by atoms with Gasteiger partial charge in [0.25, 0.3) is 5.56 Å². The summed E-state index contributed by atoms with van der Waals surface area (Å²) in [6, 6.07) is 7.12. The van der Waals surface area contributed by atoms with Crippen molar-refractivity contribution < 1.29 is 4.74 Å². The first-order valence-electron chi connectivity index (χ1n) is 6.51. The number of aromatic amines is 1. The second-order valence-corrected chi connectivity index (χ2v) is 4.96. The van der Waals surface area contributed by atoms with Gasteiger partial charge in [-0.2, -0.15) is 0 Å². The zero-order valence-electron chi connectivity index (χ0n) is 11.9. The fourth-order valence-corrected chi connectivity index (χ4v) is 1.84. The summed E-state index contributed by atoms with van der Waals surface area (Å²) in [6.45, 7) is 5.98. The van der Waals surface area contributed by atoms with Crippen molar-refractivity contribution in [2.75, 3.05) is 0 Å². The molecule has 1 heterocycles. The molecule has 0 amide bonds. The van der Waals surface area contributed by atoms with E-state index in [0.717, 1.165) is 16.9 Å². The summed E-state index contributed by atoms with van der Waals surface area (Å²) in [5, 5.41) is 0. The highest BCUT2D eigenvalue weighted by Crippen LogP contribution is 2.19. The van der Waals surface area contributed by atoms with Crippen molar-refractivity contribution in [1.82, 2.24) is 9.97 Å². The van der Waals surface area contributed by atoms with Gasteiger partial charge in [-0.3, -0.25) is 4.79 Å². The van der Waals surface area contributed by atoms with Gasteiger partial charge in [0.2, 0.25) is 0 Å². The van der Waals surface area contributed by atoms with Gasteiger partial charge in [0.1, 0.15) is 18.2 Å². The summed E-state index contributed by atoms with van der Waals surface area (Å²) < 4.78 is 5.72. The molecule has 1 aromatic heterocycles. The molecule has 106 valence electrons. The van der Waals surface area contributed by atoms with E-state index in [1.807, 2.05) is 32.0 Å². The molecule has 2 aromatic rings. The van der Waals surface area contributed by atoms with E-state index in [-0.39, 0.29) is 18.2 Å². The molecule has 0 radical (unpaired) electrons. The standard InChI is InChI=1S/C15H19N3O2/c1-9-4-5-10(2)13(6-9)20-8-14-17-12(11(3)16)7-15(19)18-14/h4-7,11H,8,16H2,1-3H3,(H,17,18,19). The Morgan fingerprint density at radius 2 is 2.10 bits per heavy atom. The van der Waals surface area contributed by atoms with Crippen LogP contribution in [0.3, 0.4) is 0 Å². The highest BCUT2D eigenvalue weighted by Gasteiger charge is 2.07. The van der Waals surface area contributed by atoms with Gasteiger partial charge in [0, 0.05) is 12.1 Å². The highest BCUT2D eigenvalue weighted by molar-refractivity contribution is 5.35. The van der Waals surface area contributed by atoms with Crippen LogP contribution in [0.15, 0.2) is 29.1 Å². The average Bonchev–Trinajstić information content (AvgIpc) is 2.39. The molecule has 5 heteroatoms. The molecule has 20 heavy (non-hydrogen) atoms. The van der Waals surface area contributed by atoms with Crippen molar-refractivity contribution in [3.63, 3.8) is 0 Å². The molecule has 1 unspecified atom stereocenters. The number of benzene rings is 1. The number of nitrogens with two attached hydrogens (primary N) is 1. The molecular formula is C15H19N3O2. The molecule has 1 aromatic carbocycles. The fraction of sp³-hybridized carbons (Fsp3) is 0.333. The summed E-state index contributed by atoms with van der Waals surface area (Å²) >= 11 is 0. The number of H-pyrrole nitrogens is 1. The first kappa shape index (κ1) is 14.3. The number of aryl methyl sites for hydroxylation is 2. The molecule has 0 fully saturated rings. The molecule has 0 spiro atoms. The van der Waals surface area contributed by atoms with E-state index in [2.05, 4.69) is 9.97 Å². The summed E-state index contributed by atoms with van der Waals surface area (Å²) in [6.07, 6.45) is 0. The van der Waals surface area contributed by atoms with Crippen molar-refractivity contribution >= 4 is 0 Å². The first-order chi connectivity index (χ1) is 9.45. The van der Waals surface area contributed by atoms with Gasteiger partial charge in [0.05, 0.1) is 5.69 Å². The van der Waals surface area contributed by atoms with Crippen molar-refractivity contribution in [1.29, 1.82) is 0 Å². The van der Waals surface area contributed by atoms with Crippen molar-refractivity contribution in [3.05, 3.63) is 57.3 Å². The molecule has 0 bridgehead atoms. The monoisotopic (exact) mass is 273 g/mol. The SMILES string of the molecule is Cc1ccc(C)c(OCc2nc(C(C)N)cc(=O)[nH]2)c1. The lowest BCUT2D eigenvalue weighted by atomic mass is 10.1. The van der Waals surface area contributed by atoms with Crippen LogP contribution < -0.4 is 16.0 Å². The second-order valence-electron chi connectivity index (χ2n) is 4.96. The third-order valence-electron chi connectivity index (χ3n) is 2.99. The topological polar surface area (TPSA) is 81.0 Å².